The molecule has 1 heterocycles. The number of nitrogens with zero attached hydrogens (tertiary/aromatic N) is 1. The number of aromatic nitrogens is 1. The fourth-order valence-electron chi connectivity index (χ4n) is 1.65. The molecule has 0 fully saturated rings. The molecule has 0 aliphatic rings. The Hall–Kier alpha value is -1.59. The fraction of sp³-hybridized carbons (Fsp3) is 0.231. The van der Waals surface area contributed by atoms with Crippen LogP contribution in [0.1, 0.15) is 10.6 Å². The Balaban J connectivity index is 2.05. The zero-order valence-corrected chi connectivity index (χ0v) is 12.0. The molecule has 1 aromatic heterocycles. The van der Waals surface area contributed by atoms with E-state index in [-0.39, 0.29) is 5.91 Å². The van der Waals surface area contributed by atoms with Gasteiger partial charge in [-0.2, -0.15) is 0 Å². The average molecular weight is 296 g/mol. The molecule has 2 rings (SSSR count). The quantitative estimate of drug-likeness (QED) is 0.892. The highest BCUT2D eigenvalue weighted by Crippen LogP contribution is 2.21. The molecule has 0 radical (unpaired) electrons. The number of anilines is 1. The number of likely N-dealkylation sites (N-methyl/N-ethyl adjacent to an activating group) is 1. The summed E-state index contributed by atoms with van der Waals surface area (Å²) >= 11 is 7.28. The Morgan fingerprint density at radius 3 is 2.89 bits per heavy atom. The number of amides is 1. The molecule has 1 amide bonds. The van der Waals surface area contributed by atoms with Gasteiger partial charge in [0.05, 0.1) is 19.2 Å². The molecular formula is C13H14ClN3OS. The first-order valence-electron chi connectivity index (χ1n) is 5.81. The van der Waals surface area contributed by atoms with Crippen molar-refractivity contribution in [3.63, 3.8) is 0 Å². The lowest BCUT2D eigenvalue weighted by molar-refractivity contribution is -0.119. The molecule has 0 aliphatic heterocycles. The van der Waals surface area contributed by atoms with Crippen molar-refractivity contribution in [3.05, 3.63) is 45.4 Å². The maximum Gasteiger partial charge on any atom is 0.224 e. The lowest BCUT2D eigenvalue weighted by Crippen LogP contribution is -2.20. The molecule has 100 valence electrons. The van der Waals surface area contributed by atoms with Crippen molar-refractivity contribution in [2.24, 2.45) is 0 Å². The Morgan fingerprint density at radius 2 is 2.21 bits per heavy atom. The van der Waals surface area contributed by atoms with E-state index < -0.39 is 0 Å². The van der Waals surface area contributed by atoms with Gasteiger partial charge in [-0.25, -0.2) is 4.98 Å². The van der Waals surface area contributed by atoms with Crippen molar-refractivity contribution >= 4 is 34.5 Å². The van der Waals surface area contributed by atoms with Gasteiger partial charge >= 0.3 is 0 Å². The second-order valence-corrected chi connectivity index (χ2v) is 5.67. The van der Waals surface area contributed by atoms with Gasteiger partial charge in [0.15, 0.2) is 0 Å². The Morgan fingerprint density at radius 1 is 1.42 bits per heavy atom. The molecule has 0 bridgehead atoms. The van der Waals surface area contributed by atoms with Crippen LogP contribution in [-0.4, -0.2) is 17.9 Å². The molecule has 19 heavy (non-hydrogen) atoms. The first-order chi connectivity index (χ1) is 9.19. The zero-order chi connectivity index (χ0) is 13.7. The summed E-state index contributed by atoms with van der Waals surface area (Å²) in [6.45, 7) is 0.599. The molecule has 0 saturated carbocycles. The number of carbonyl (C=O) groups excluding carboxylic acids is 1. The van der Waals surface area contributed by atoms with Crippen molar-refractivity contribution in [2.45, 2.75) is 13.0 Å². The SMILES string of the molecule is CNC(=O)Cc1ccccc1NCc1ncc(Cl)s1. The van der Waals surface area contributed by atoms with Gasteiger partial charge in [0.25, 0.3) is 0 Å². The van der Waals surface area contributed by atoms with Crippen LogP contribution in [0.3, 0.4) is 0 Å². The van der Waals surface area contributed by atoms with Gasteiger partial charge in [-0.05, 0) is 11.6 Å². The zero-order valence-electron chi connectivity index (χ0n) is 10.4. The van der Waals surface area contributed by atoms with Crippen LogP contribution in [0, 0.1) is 0 Å². The monoisotopic (exact) mass is 295 g/mol. The molecule has 0 unspecified atom stereocenters. The van der Waals surface area contributed by atoms with Gasteiger partial charge in [-0.15, -0.1) is 11.3 Å². The van der Waals surface area contributed by atoms with Crippen molar-refractivity contribution in [1.82, 2.24) is 10.3 Å². The summed E-state index contributed by atoms with van der Waals surface area (Å²) in [6.07, 6.45) is 2.00. The third-order valence-electron chi connectivity index (χ3n) is 2.60. The number of thiazole rings is 1. The summed E-state index contributed by atoms with van der Waals surface area (Å²) in [5, 5.41) is 6.82. The largest absolute Gasteiger partial charge is 0.378 e. The van der Waals surface area contributed by atoms with Crippen LogP contribution in [-0.2, 0) is 17.8 Å². The number of halogens is 1. The van der Waals surface area contributed by atoms with E-state index in [2.05, 4.69) is 15.6 Å². The average Bonchev–Trinajstić information content (AvgIpc) is 2.83. The number of para-hydroxylation sites is 1. The fourth-order valence-corrected chi connectivity index (χ4v) is 2.55. The smallest absolute Gasteiger partial charge is 0.224 e. The first-order valence-corrected chi connectivity index (χ1v) is 7.01. The predicted octanol–water partition coefficient (Wildman–Crippen LogP) is 2.70. The van der Waals surface area contributed by atoms with Crippen LogP contribution in [0.4, 0.5) is 5.69 Å². The maximum absolute atomic E-state index is 11.4. The van der Waals surface area contributed by atoms with Crippen molar-refractivity contribution in [3.8, 4) is 0 Å². The van der Waals surface area contributed by atoms with E-state index in [1.54, 1.807) is 13.2 Å². The highest BCUT2D eigenvalue weighted by atomic mass is 35.5. The standard InChI is InChI=1S/C13H14ClN3OS/c1-15-12(18)6-9-4-2-3-5-10(9)16-8-13-17-7-11(14)19-13/h2-5,7,16H,6,8H2,1H3,(H,15,18). The van der Waals surface area contributed by atoms with E-state index in [0.717, 1.165) is 16.3 Å². The molecule has 0 atom stereocenters. The molecule has 1 aromatic carbocycles. The summed E-state index contributed by atoms with van der Waals surface area (Å²) in [6, 6.07) is 7.74. The van der Waals surface area contributed by atoms with Gasteiger partial charge in [-0.1, -0.05) is 29.8 Å². The molecule has 2 N–H and O–H groups in total. The highest BCUT2D eigenvalue weighted by molar-refractivity contribution is 7.15. The third kappa shape index (κ3) is 3.94. The Bertz CT molecular complexity index is 571. The predicted molar refractivity (Wildman–Crippen MR) is 78.7 cm³/mol. The normalized spacial score (nSPS) is 10.2. The van der Waals surface area contributed by atoms with Crippen LogP contribution in [0.15, 0.2) is 30.5 Å². The van der Waals surface area contributed by atoms with Crippen LogP contribution in [0.25, 0.3) is 0 Å². The van der Waals surface area contributed by atoms with E-state index in [0.29, 0.717) is 17.3 Å². The van der Waals surface area contributed by atoms with E-state index in [1.807, 2.05) is 24.3 Å². The van der Waals surface area contributed by atoms with Gasteiger partial charge in [0, 0.05) is 12.7 Å². The van der Waals surface area contributed by atoms with E-state index >= 15 is 0 Å². The van der Waals surface area contributed by atoms with Crippen LogP contribution in [0.5, 0.6) is 0 Å². The minimum atomic E-state index is -0.00783. The van der Waals surface area contributed by atoms with Crippen molar-refractivity contribution < 1.29 is 4.79 Å². The van der Waals surface area contributed by atoms with Crippen molar-refractivity contribution in [1.29, 1.82) is 0 Å². The van der Waals surface area contributed by atoms with Gasteiger partial charge in [-0.3, -0.25) is 4.79 Å². The van der Waals surface area contributed by atoms with E-state index in [4.69, 9.17) is 11.6 Å². The summed E-state index contributed by atoms with van der Waals surface area (Å²) in [5.41, 5.74) is 1.90. The van der Waals surface area contributed by atoms with Gasteiger partial charge in [0.2, 0.25) is 5.91 Å². The van der Waals surface area contributed by atoms with Crippen LogP contribution in [0.2, 0.25) is 4.34 Å². The topological polar surface area (TPSA) is 54.0 Å². The molecular weight excluding hydrogens is 282 g/mol. The minimum Gasteiger partial charge on any atom is -0.378 e. The number of rotatable bonds is 5. The molecule has 0 spiro atoms. The van der Waals surface area contributed by atoms with Crippen LogP contribution >= 0.6 is 22.9 Å². The van der Waals surface area contributed by atoms with Crippen LogP contribution < -0.4 is 10.6 Å². The van der Waals surface area contributed by atoms with Crippen molar-refractivity contribution in [2.75, 3.05) is 12.4 Å². The van der Waals surface area contributed by atoms with Gasteiger partial charge < -0.3 is 10.6 Å². The molecule has 6 heteroatoms. The number of nitrogens with one attached hydrogen (secondary N) is 2. The second-order valence-electron chi connectivity index (χ2n) is 3.92. The van der Waals surface area contributed by atoms with E-state index in [9.17, 15) is 4.79 Å². The van der Waals surface area contributed by atoms with Gasteiger partial charge in [0.1, 0.15) is 9.34 Å². The lowest BCUT2D eigenvalue weighted by Gasteiger charge is -2.10. The third-order valence-corrected chi connectivity index (χ3v) is 3.72. The highest BCUT2D eigenvalue weighted by Gasteiger charge is 2.07. The summed E-state index contributed by atoms with van der Waals surface area (Å²) in [7, 11) is 1.63. The van der Waals surface area contributed by atoms with E-state index in [1.165, 1.54) is 11.3 Å². The number of hydrogen-bond donors (Lipinski definition) is 2. The molecule has 0 aliphatic carbocycles. The number of hydrogen-bond acceptors (Lipinski definition) is 4. The Labute approximate surface area is 120 Å². The second kappa shape index (κ2) is 6.54. The first kappa shape index (κ1) is 13.8. The number of carbonyl (C=O) groups is 1. The molecule has 0 saturated heterocycles. The number of benzene rings is 1. The summed E-state index contributed by atoms with van der Waals surface area (Å²) in [4.78, 5) is 15.6. The minimum absolute atomic E-state index is 0.00783. The molecule has 4 nitrogen and oxygen atoms in total. The summed E-state index contributed by atoms with van der Waals surface area (Å²) in [5.74, 6) is -0.00783. The summed E-state index contributed by atoms with van der Waals surface area (Å²) < 4.78 is 0.676. The Kier molecular flexibility index (Phi) is 4.76. The molecule has 2 aromatic rings. The maximum atomic E-state index is 11.4. The lowest BCUT2D eigenvalue weighted by atomic mass is 10.1.